The van der Waals surface area contributed by atoms with E-state index in [9.17, 15) is 13.2 Å². The molecule has 1 aliphatic heterocycles. The zero-order valence-corrected chi connectivity index (χ0v) is 15.9. The first-order chi connectivity index (χ1) is 12.5. The molecule has 0 radical (unpaired) electrons. The fourth-order valence-corrected chi connectivity index (χ4v) is 5.43. The highest BCUT2D eigenvalue weighted by molar-refractivity contribution is 7.93. The van der Waals surface area contributed by atoms with Gasteiger partial charge in [-0.2, -0.15) is 0 Å². The number of urea groups is 1. The largest absolute Gasteiger partial charge is 0.454 e. The summed E-state index contributed by atoms with van der Waals surface area (Å²) in [6.45, 7) is 2.53. The third kappa shape index (κ3) is 3.94. The molecule has 0 bridgehead atoms. The van der Waals surface area contributed by atoms with Crippen molar-refractivity contribution in [1.29, 1.82) is 0 Å². The van der Waals surface area contributed by atoms with Crippen molar-refractivity contribution in [2.75, 3.05) is 19.9 Å². The lowest BCUT2D eigenvalue weighted by Gasteiger charge is -2.18. The third-order valence-corrected chi connectivity index (χ3v) is 7.43. The summed E-state index contributed by atoms with van der Waals surface area (Å²) in [5.41, 5.74) is 0.540. The predicted molar refractivity (Wildman–Crippen MR) is 98.5 cm³/mol. The van der Waals surface area contributed by atoms with Gasteiger partial charge in [0.15, 0.2) is 21.3 Å². The molecule has 0 unspecified atom stereocenters. The van der Waals surface area contributed by atoms with E-state index in [1.165, 1.54) is 0 Å². The van der Waals surface area contributed by atoms with Crippen molar-refractivity contribution >= 4 is 27.2 Å². The minimum Gasteiger partial charge on any atom is -0.454 e. The predicted octanol–water partition coefficient (Wildman–Crippen LogP) is 2.70. The van der Waals surface area contributed by atoms with E-state index in [0.29, 0.717) is 23.6 Å². The molecule has 0 saturated carbocycles. The van der Waals surface area contributed by atoms with Gasteiger partial charge < -0.3 is 20.1 Å². The number of nitrogens with one attached hydrogen (secondary N) is 2. The molecular weight excluding hydrogens is 376 g/mol. The Morgan fingerprint density at radius 1 is 1.23 bits per heavy atom. The number of hydrogen-bond acceptors (Lipinski definition) is 6. The van der Waals surface area contributed by atoms with Crippen molar-refractivity contribution in [3.05, 3.63) is 41.3 Å². The van der Waals surface area contributed by atoms with Crippen LogP contribution in [0.2, 0.25) is 0 Å². The quantitative estimate of drug-likeness (QED) is 0.751. The number of thiophene rings is 1. The van der Waals surface area contributed by atoms with Crippen LogP contribution in [0.15, 0.2) is 39.9 Å². The highest BCUT2D eigenvalue weighted by atomic mass is 32.2. The maximum absolute atomic E-state index is 13.1. The molecule has 140 valence electrons. The molecule has 0 spiro atoms. The Morgan fingerprint density at radius 3 is 2.77 bits per heavy atom. The van der Waals surface area contributed by atoms with Gasteiger partial charge >= 0.3 is 6.03 Å². The SMILES string of the molecule is CCCNC(=O)NC[C@H](c1ccc2c(c1)OCO2)S(=O)(=O)c1cccs1. The Hall–Kier alpha value is -2.26. The maximum atomic E-state index is 13.1. The van der Waals surface area contributed by atoms with Crippen molar-refractivity contribution in [2.45, 2.75) is 22.8 Å². The molecule has 3 rings (SSSR count). The summed E-state index contributed by atoms with van der Waals surface area (Å²) in [6, 6.07) is 7.90. The van der Waals surface area contributed by atoms with E-state index in [2.05, 4.69) is 10.6 Å². The molecule has 9 heteroatoms. The summed E-state index contributed by atoms with van der Waals surface area (Å²) in [4.78, 5) is 11.9. The van der Waals surface area contributed by atoms with Crippen molar-refractivity contribution in [3.63, 3.8) is 0 Å². The monoisotopic (exact) mass is 396 g/mol. The van der Waals surface area contributed by atoms with Crippen LogP contribution < -0.4 is 20.1 Å². The third-order valence-electron chi connectivity index (χ3n) is 3.90. The second-order valence-electron chi connectivity index (χ2n) is 5.72. The van der Waals surface area contributed by atoms with E-state index in [-0.39, 0.29) is 23.6 Å². The highest BCUT2D eigenvalue weighted by Crippen LogP contribution is 2.38. The lowest BCUT2D eigenvalue weighted by molar-refractivity contribution is 0.174. The summed E-state index contributed by atoms with van der Waals surface area (Å²) in [5, 5.41) is 6.12. The Labute approximate surface area is 156 Å². The first-order valence-electron chi connectivity index (χ1n) is 8.21. The van der Waals surface area contributed by atoms with E-state index >= 15 is 0 Å². The van der Waals surface area contributed by atoms with Gasteiger partial charge in [0.2, 0.25) is 6.79 Å². The fraction of sp³-hybridized carbons (Fsp3) is 0.353. The smallest absolute Gasteiger partial charge is 0.314 e. The van der Waals surface area contributed by atoms with Gasteiger partial charge in [0.1, 0.15) is 9.46 Å². The topological polar surface area (TPSA) is 93.7 Å². The molecule has 7 nitrogen and oxygen atoms in total. The van der Waals surface area contributed by atoms with Crippen LogP contribution in [0, 0.1) is 0 Å². The van der Waals surface area contributed by atoms with Crippen LogP contribution in [-0.2, 0) is 9.84 Å². The average Bonchev–Trinajstić information content (AvgIpc) is 3.31. The minimum absolute atomic E-state index is 0.0462. The van der Waals surface area contributed by atoms with Crippen molar-refractivity contribution < 1.29 is 22.7 Å². The van der Waals surface area contributed by atoms with E-state index in [1.807, 2.05) is 6.92 Å². The Balaban J connectivity index is 1.88. The second kappa shape index (κ2) is 7.96. The number of sulfone groups is 1. The van der Waals surface area contributed by atoms with Gasteiger partial charge in [-0.05, 0) is 35.6 Å². The number of fused-ring (bicyclic) bond motifs is 1. The zero-order valence-electron chi connectivity index (χ0n) is 14.2. The van der Waals surface area contributed by atoms with Crippen LogP contribution in [0.3, 0.4) is 0 Å². The molecule has 0 fully saturated rings. The van der Waals surface area contributed by atoms with E-state index in [4.69, 9.17) is 9.47 Å². The molecule has 1 aliphatic rings. The molecule has 2 amide bonds. The number of rotatable bonds is 7. The van der Waals surface area contributed by atoms with E-state index < -0.39 is 15.1 Å². The zero-order chi connectivity index (χ0) is 18.6. The summed E-state index contributed by atoms with van der Waals surface area (Å²) >= 11 is 1.15. The summed E-state index contributed by atoms with van der Waals surface area (Å²) in [7, 11) is -3.66. The van der Waals surface area contributed by atoms with Crippen LogP contribution in [-0.4, -0.2) is 34.3 Å². The summed E-state index contributed by atoms with van der Waals surface area (Å²) in [5.74, 6) is 1.08. The molecule has 26 heavy (non-hydrogen) atoms. The van der Waals surface area contributed by atoms with Gasteiger partial charge in [0.25, 0.3) is 0 Å². The number of benzene rings is 1. The number of amides is 2. The lowest BCUT2D eigenvalue weighted by atomic mass is 10.1. The van der Waals surface area contributed by atoms with Gasteiger partial charge in [0.05, 0.1) is 0 Å². The van der Waals surface area contributed by atoms with Gasteiger partial charge in [-0.25, -0.2) is 13.2 Å². The van der Waals surface area contributed by atoms with E-state index in [0.717, 1.165) is 17.8 Å². The normalized spacial score (nSPS) is 14.0. The first-order valence-corrected chi connectivity index (χ1v) is 10.6. The Bertz CT molecular complexity index is 865. The van der Waals surface area contributed by atoms with Gasteiger partial charge in [-0.15, -0.1) is 11.3 Å². The summed E-state index contributed by atoms with van der Waals surface area (Å²) in [6.07, 6.45) is 0.798. The molecule has 0 saturated heterocycles. The number of hydrogen-bond donors (Lipinski definition) is 2. The molecule has 2 aromatic rings. The minimum atomic E-state index is -3.66. The Morgan fingerprint density at radius 2 is 2.04 bits per heavy atom. The number of carbonyl (C=O) groups excluding carboxylic acids is 1. The molecular formula is C17H20N2O5S2. The van der Waals surface area contributed by atoms with Crippen molar-refractivity contribution in [2.24, 2.45) is 0 Å². The van der Waals surface area contributed by atoms with E-state index in [1.54, 1.807) is 35.7 Å². The van der Waals surface area contributed by atoms with Crippen molar-refractivity contribution in [1.82, 2.24) is 10.6 Å². The standard InChI is InChI=1S/C17H20N2O5S2/c1-2-7-18-17(20)19-10-15(26(21,22)16-4-3-8-25-16)12-5-6-13-14(9-12)24-11-23-13/h3-6,8-9,15H,2,7,10-11H2,1H3,(H2,18,19,20)/t15-/m1/s1. The molecule has 2 N–H and O–H groups in total. The fourth-order valence-electron chi connectivity index (χ4n) is 2.57. The van der Waals surface area contributed by atoms with Crippen LogP contribution in [0.4, 0.5) is 4.79 Å². The summed E-state index contributed by atoms with van der Waals surface area (Å²) < 4.78 is 37.1. The highest BCUT2D eigenvalue weighted by Gasteiger charge is 2.31. The molecule has 1 aromatic heterocycles. The van der Waals surface area contributed by atoms with Crippen LogP contribution in [0.5, 0.6) is 11.5 Å². The number of carbonyl (C=O) groups is 1. The van der Waals surface area contributed by atoms with Crippen LogP contribution >= 0.6 is 11.3 Å². The van der Waals surface area contributed by atoms with Crippen LogP contribution in [0.1, 0.15) is 24.2 Å². The van der Waals surface area contributed by atoms with Gasteiger partial charge in [-0.1, -0.05) is 19.1 Å². The second-order valence-corrected chi connectivity index (χ2v) is 9.02. The van der Waals surface area contributed by atoms with Crippen molar-refractivity contribution in [3.8, 4) is 11.5 Å². The molecule has 2 heterocycles. The molecule has 0 aliphatic carbocycles. The van der Waals surface area contributed by atoms with Gasteiger partial charge in [0, 0.05) is 13.1 Å². The van der Waals surface area contributed by atoms with Crippen LogP contribution in [0.25, 0.3) is 0 Å². The Kier molecular flexibility index (Phi) is 5.67. The molecule has 1 aromatic carbocycles. The maximum Gasteiger partial charge on any atom is 0.314 e. The average molecular weight is 396 g/mol. The molecule has 1 atom stereocenters. The van der Waals surface area contributed by atoms with Gasteiger partial charge in [-0.3, -0.25) is 0 Å². The first kappa shape index (κ1) is 18.5. The lowest BCUT2D eigenvalue weighted by Crippen LogP contribution is -2.39. The number of ether oxygens (including phenoxy) is 2.